The van der Waals surface area contributed by atoms with E-state index < -0.39 is 5.25 Å². The van der Waals surface area contributed by atoms with Gasteiger partial charge in [-0.3, -0.25) is 14.6 Å². The van der Waals surface area contributed by atoms with E-state index in [1.54, 1.807) is 24.3 Å². The lowest BCUT2D eigenvalue weighted by Crippen LogP contribution is -2.28. The van der Waals surface area contributed by atoms with Gasteiger partial charge in [0.2, 0.25) is 11.8 Å². The van der Waals surface area contributed by atoms with Crippen LogP contribution in [0.3, 0.4) is 0 Å². The standard InChI is InChI=1S/C15H18ClN3O2S/c1-2-3-7-17-15-19-14(21)12(22-15)9-13(20)18-11-6-4-5-10(16)8-11/h4-6,8,12H,2-3,7,9H2,1H3,(H,18,20)(H,17,19,21). The van der Waals surface area contributed by atoms with Crippen molar-refractivity contribution < 1.29 is 9.59 Å². The SMILES string of the molecule is CCCCN=C1NC(=O)C(CC(=O)Nc2cccc(Cl)c2)S1. The molecule has 5 nitrogen and oxygen atoms in total. The molecule has 2 amide bonds. The number of anilines is 1. The molecule has 1 aliphatic heterocycles. The lowest BCUT2D eigenvalue weighted by Gasteiger charge is -2.07. The highest BCUT2D eigenvalue weighted by molar-refractivity contribution is 8.15. The highest BCUT2D eigenvalue weighted by atomic mass is 35.5. The Kier molecular flexibility index (Phi) is 6.27. The summed E-state index contributed by atoms with van der Waals surface area (Å²) in [5.74, 6) is -0.383. The van der Waals surface area contributed by atoms with Gasteiger partial charge in [-0.25, -0.2) is 0 Å². The molecule has 22 heavy (non-hydrogen) atoms. The van der Waals surface area contributed by atoms with Crippen LogP contribution in [0, 0.1) is 0 Å². The van der Waals surface area contributed by atoms with Gasteiger partial charge in [0.15, 0.2) is 5.17 Å². The van der Waals surface area contributed by atoms with Gasteiger partial charge < -0.3 is 10.6 Å². The summed E-state index contributed by atoms with van der Waals surface area (Å²) >= 11 is 7.18. The first kappa shape index (κ1) is 16.8. The van der Waals surface area contributed by atoms with E-state index in [0.717, 1.165) is 12.8 Å². The van der Waals surface area contributed by atoms with Gasteiger partial charge in [0.05, 0.1) is 0 Å². The number of hydrogen-bond acceptors (Lipinski definition) is 4. The number of rotatable bonds is 6. The van der Waals surface area contributed by atoms with Crippen LogP contribution in [0.2, 0.25) is 5.02 Å². The minimum atomic E-state index is -0.431. The number of thioether (sulfide) groups is 1. The minimum Gasteiger partial charge on any atom is -0.326 e. The third-order valence-corrected chi connectivity index (χ3v) is 4.38. The molecule has 1 aliphatic rings. The quantitative estimate of drug-likeness (QED) is 0.782. The van der Waals surface area contributed by atoms with Crippen LogP contribution in [0.1, 0.15) is 26.2 Å². The number of nitrogens with one attached hydrogen (secondary N) is 2. The summed E-state index contributed by atoms with van der Waals surface area (Å²) in [5, 5.41) is 6.19. The monoisotopic (exact) mass is 339 g/mol. The third-order valence-electron chi connectivity index (χ3n) is 3.02. The molecule has 1 saturated heterocycles. The molecule has 0 aromatic heterocycles. The molecular weight excluding hydrogens is 322 g/mol. The Morgan fingerprint density at radius 2 is 2.32 bits per heavy atom. The van der Waals surface area contributed by atoms with Crippen molar-refractivity contribution in [3.05, 3.63) is 29.3 Å². The second-order valence-corrected chi connectivity index (χ2v) is 6.53. The number of hydrogen-bond donors (Lipinski definition) is 2. The number of amides is 2. The lowest BCUT2D eigenvalue weighted by molar-refractivity contribution is -0.122. The van der Waals surface area contributed by atoms with Crippen molar-refractivity contribution in [3.8, 4) is 0 Å². The summed E-state index contributed by atoms with van der Waals surface area (Å²) in [6, 6.07) is 6.91. The van der Waals surface area contributed by atoms with Crippen molar-refractivity contribution in [1.82, 2.24) is 5.32 Å². The van der Waals surface area contributed by atoms with E-state index in [1.807, 2.05) is 0 Å². The first-order valence-corrected chi connectivity index (χ1v) is 8.41. The van der Waals surface area contributed by atoms with Crippen LogP contribution < -0.4 is 10.6 Å². The maximum atomic E-state index is 12.0. The Hall–Kier alpha value is -1.53. The number of unbranched alkanes of at least 4 members (excludes halogenated alkanes) is 1. The maximum Gasteiger partial charge on any atom is 0.240 e. The molecule has 7 heteroatoms. The number of aliphatic imine (C=N–C) groups is 1. The van der Waals surface area contributed by atoms with Crippen LogP contribution in [0.4, 0.5) is 5.69 Å². The fraction of sp³-hybridized carbons (Fsp3) is 0.400. The first-order chi connectivity index (χ1) is 10.6. The van der Waals surface area contributed by atoms with Gasteiger partial charge >= 0.3 is 0 Å². The van der Waals surface area contributed by atoms with Crippen molar-refractivity contribution >= 4 is 46.0 Å². The zero-order chi connectivity index (χ0) is 15.9. The van der Waals surface area contributed by atoms with Crippen LogP contribution >= 0.6 is 23.4 Å². The van der Waals surface area contributed by atoms with Crippen molar-refractivity contribution in [2.24, 2.45) is 4.99 Å². The average molecular weight is 340 g/mol. The van der Waals surface area contributed by atoms with E-state index in [4.69, 9.17) is 11.6 Å². The second-order valence-electron chi connectivity index (χ2n) is 4.90. The maximum absolute atomic E-state index is 12.0. The molecule has 0 bridgehead atoms. The van der Waals surface area contributed by atoms with Gasteiger partial charge in [0.25, 0.3) is 0 Å². The molecule has 0 radical (unpaired) electrons. The molecule has 1 unspecified atom stereocenters. The summed E-state index contributed by atoms with van der Waals surface area (Å²) in [7, 11) is 0. The zero-order valence-corrected chi connectivity index (χ0v) is 13.8. The Balaban J connectivity index is 1.86. The topological polar surface area (TPSA) is 70.6 Å². The summed E-state index contributed by atoms with van der Waals surface area (Å²) in [5.41, 5.74) is 0.623. The number of carbonyl (C=O) groups excluding carboxylic acids is 2. The minimum absolute atomic E-state index is 0.107. The molecule has 2 N–H and O–H groups in total. The Morgan fingerprint density at radius 3 is 3.05 bits per heavy atom. The lowest BCUT2D eigenvalue weighted by atomic mass is 10.2. The molecule has 2 rings (SSSR count). The third kappa shape index (κ3) is 5.03. The smallest absolute Gasteiger partial charge is 0.240 e. The number of carbonyl (C=O) groups is 2. The van der Waals surface area contributed by atoms with E-state index in [-0.39, 0.29) is 18.2 Å². The predicted molar refractivity (Wildman–Crippen MR) is 91.4 cm³/mol. The fourth-order valence-electron chi connectivity index (χ4n) is 1.90. The normalized spacial score (nSPS) is 19.3. The highest BCUT2D eigenvalue weighted by Gasteiger charge is 2.31. The van der Waals surface area contributed by atoms with Crippen molar-refractivity contribution in [2.75, 3.05) is 11.9 Å². The number of halogens is 1. The molecule has 0 saturated carbocycles. The van der Waals surface area contributed by atoms with Crippen LogP contribution in [-0.2, 0) is 9.59 Å². The summed E-state index contributed by atoms with van der Waals surface area (Å²) in [6.07, 6.45) is 2.15. The summed E-state index contributed by atoms with van der Waals surface area (Å²) in [4.78, 5) is 28.2. The van der Waals surface area contributed by atoms with E-state index in [2.05, 4.69) is 22.5 Å². The molecule has 1 aromatic carbocycles. The van der Waals surface area contributed by atoms with E-state index in [0.29, 0.717) is 22.4 Å². The Labute approximate surface area is 138 Å². The van der Waals surface area contributed by atoms with Crippen LogP contribution in [0.25, 0.3) is 0 Å². The number of amidine groups is 1. The van der Waals surface area contributed by atoms with E-state index >= 15 is 0 Å². The largest absolute Gasteiger partial charge is 0.326 e. The van der Waals surface area contributed by atoms with Gasteiger partial charge in [-0.2, -0.15) is 0 Å². The molecule has 1 fully saturated rings. The summed E-state index contributed by atoms with van der Waals surface area (Å²) < 4.78 is 0. The molecule has 1 atom stereocenters. The molecule has 0 aliphatic carbocycles. The van der Waals surface area contributed by atoms with Crippen LogP contribution in [-0.4, -0.2) is 28.8 Å². The summed E-state index contributed by atoms with van der Waals surface area (Å²) in [6.45, 7) is 2.78. The molecule has 0 spiro atoms. The molecular formula is C15H18ClN3O2S. The Bertz CT molecular complexity index is 592. The Morgan fingerprint density at radius 1 is 1.50 bits per heavy atom. The zero-order valence-electron chi connectivity index (χ0n) is 12.3. The molecule has 1 aromatic rings. The van der Waals surface area contributed by atoms with Gasteiger partial charge in [-0.1, -0.05) is 42.8 Å². The van der Waals surface area contributed by atoms with Gasteiger partial charge in [-0.15, -0.1) is 0 Å². The van der Waals surface area contributed by atoms with E-state index in [1.165, 1.54) is 11.8 Å². The average Bonchev–Trinajstić information content (AvgIpc) is 2.79. The van der Waals surface area contributed by atoms with Crippen LogP contribution in [0.5, 0.6) is 0 Å². The van der Waals surface area contributed by atoms with Crippen LogP contribution in [0.15, 0.2) is 29.3 Å². The second kappa shape index (κ2) is 8.19. The van der Waals surface area contributed by atoms with Crippen molar-refractivity contribution in [1.29, 1.82) is 0 Å². The highest BCUT2D eigenvalue weighted by Crippen LogP contribution is 2.23. The molecule has 1 heterocycles. The fourth-order valence-corrected chi connectivity index (χ4v) is 3.09. The van der Waals surface area contributed by atoms with Crippen molar-refractivity contribution in [3.63, 3.8) is 0 Å². The van der Waals surface area contributed by atoms with Crippen molar-refractivity contribution in [2.45, 2.75) is 31.4 Å². The number of nitrogens with zero attached hydrogens (tertiary/aromatic N) is 1. The van der Waals surface area contributed by atoms with E-state index in [9.17, 15) is 9.59 Å². The van der Waals surface area contributed by atoms with Gasteiger partial charge in [0, 0.05) is 23.7 Å². The van der Waals surface area contributed by atoms with Gasteiger partial charge in [-0.05, 0) is 24.6 Å². The molecule has 118 valence electrons. The number of benzene rings is 1. The van der Waals surface area contributed by atoms with Gasteiger partial charge in [0.1, 0.15) is 5.25 Å². The first-order valence-electron chi connectivity index (χ1n) is 7.16. The predicted octanol–water partition coefficient (Wildman–Crippen LogP) is 3.06.